The van der Waals surface area contributed by atoms with Gasteiger partial charge in [-0.05, 0) is 35.3 Å². The van der Waals surface area contributed by atoms with Crippen LogP contribution in [0.1, 0.15) is 31.5 Å². The summed E-state index contributed by atoms with van der Waals surface area (Å²) in [5.41, 5.74) is 0.500. The molecule has 0 fully saturated rings. The number of nitrogens with zero attached hydrogens (tertiary/aromatic N) is 2. The smallest absolute Gasteiger partial charge is 0.131 e. The standard InChI is InChI=1S/C14H16Br2N2O/c1-3-8-18-13(12(16)9-17-18)14(2,19)10-6-4-5-7-11(10)15/h4-7,9,19H,3,8H2,1-2H3. The Kier molecular flexibility index (Phi) is 4.48. The SMILES string of the molecule is CCCn1ncc(Br)c1C(C)(O)c1ccccc1Br. The Bertz CT molecular complexity index is 579. The third-order valence-electron chi connectivity index (χ3n) is 3.09. The van der Waals surface area contributed by atoms with E-state index >= 15 is 0 Å². The van der Waals surface area contributed by atoms with Crippen molar-refractivity contribution in [3.63, 3.8) is 0 Å². The lowest BCUT2D eigenvalue weighted by molar-refractivity contribution is 0.0898. The Hall–Kier alpha value is -0.650. The van der Waals surface area contributed by atoms with E-state index in [9.17, 15) is 5.11 Å². The number of benzene rings is 1. The van der Waals surface area contributed by atoms with Crippen LogP contribution in [0, 0.1) is 0 Å². The molecule has 0 amide bonds. The van der Waals surface area contributed by atoms with Gasteiger partial charge in [0.25, 0.3) is 0 Å². The van der Waals surface area contributed by atoms with Crippen LogP contribution in [-0.2, 0) is 12.1 Å². The fourth-order valence-electron chi connectivity index (χ4n) is 2.21. The fraction of sp³-hybridized carbons (Fsp3) is 0.357. The number of hydrogen-bond acceptors (Lipinski definition) is 2. The summed E-state index contributed by atoms with van der Waals surface area (Å²) in [5, 5.41) is 15.3. The van der Waals surface area contributed by atoms with Gasteiger partial charge < -0.3 is 5.11 Å². The lowest BCUT2D eigenvalue weighted by Gasteiger charge is -2.26. The second-order valence-electron chi connectivity index (χ2n) is 4.62. The Morgan fingerprint density at radius 3 is 2.58 bits per heavy atom. The summed E-state index contributed by atoms with van der Waals surface area (Å²) < 4.78 is 3.56. The summed E-state index contributed by atoms with van der Waals surface area (Å²) in [7, 11) is 0. The highest BCUT2D eigenvalue weighted by atomic mass is 79.9. The van der Waals surface area contributed by atoms with Gasteiger partial charge in [-0.2, -0.15) is 5.10 Å². The molecule has 0 spiro atoms. The molecule has 102 valence electrons. The van der Waals surface area contributed by atoms with Crippen molar-refractivity contribution in [3.05, 3.63) is 50.7 Å². The van der Waals surface area contributed by atoms with Crippen LogP contribution in [0.3, 0.4) is 0 Å². The molecule has 1 heterocycles. The molecule has 1 unspecified atom stereocenters. The molecular formula is C14H16Br2N2O. The third kappa shape index (κ3) is 2.78. The van der Waals surface area contributed by atoms with Crippen LogP contribution < -0.4 is 0 Å². The molecule has 0 aliphatic carbocycles. The number of aromatic nitrogens is 2. The van der Waals surface area contributed by atoms with E-state index in [1.807, 2.05) is 28.9 Å². The number of aliphatic hydroxyl groups is 1. The minimum absolute atomic E-state index is 0.779. The van der Waals surface area contributed by atoms with Gasteiger partial charge in [0.1, 0.15) is 5.60 Å². The normalized spacial score (nSPS) is 14.4. The van der Waals surface area contributed by atoms with E-state index in [0.717, 1.165) is 33.2 Å². The first-order valence-corrected chi connectivity index (χ1v) is 7.76. The van der Waals surface area contributed by atoms with E-state index in [4.69, 9.17) is 0 Å². The minimum Gasteiger partial charge on any atom is -0.379 e. The zero-order chi connectivity index (χ0) is 14.0. The zero-order valence-corrected chi connectivity index (χ0v) is 14.1. The van der Waals surface area contributed by atoms with Crippen molar-refractivity contribution in [2.24, 2.45) is 0 Å². The second kappa shape index (κ2) is 5.77. The van der Waals surface area contributed by atoms with Crippen molar-refractivity contribution in [1.29, 1.82) is 0 Å². The first kappa shape index (κ1) is 14.8. The third-order valence-corrected chi connectivity index (χ3v) is 4.36. The van der Waals surface area contributed by atoms with Crippen LogP contribution in [0.15, 0.2) is 39.4 Å². The zero-order valence-electron chi connectivity index (χ0n) is 10.9. The summed E-state index contributed by atoms with van der Waals surface area (Å²) in [6.45, 7) is 4.66. The maximum Gasteiger partial charge on any atom is 0.131 e. The minimum atomic E-state index is -1.11. The Morgan fingerprint density at radius 1 is 1.26 bits per heavy atom. The molecule has 0 saturated carbocycles. The van der Waals surface area contributed by atoms with Gasteiger partial charge >= 0.3 is 0 Å². The Balaban J connectivity index is 2.56. The van der Waals surface area contributed by atoms with Crippen molar-refractivity contribution in [2.75, 3.05) is 0 Å². The molecule has 2 rings (SSSR count). The van der Waals surface area contributed by atoms with E-state index in [-0.39, 0.29) is 0 Å². The van der Waals surface area contributed by atoms with Gasteiger partial charge in [0.15, 0.2) is 0 Å². The lowest BCUT2D eigenvalue weighted by atomic mass is 9.92. The highest BCUT2D eigenvalue weighted by Crippen LogP contribution is 2.37. The van der Waals surface area contributed by atoms with Crippen molar-refractivity contribution >= 4 is 31.9 Å². The molecule has 19 heavy (non-hydrogen) atoms. The summed E-state index contributed by atoms with van der Waals surface area (Å²) in [6, 6.07) is 7.70. The summed E-state index contributed by atoms with van der Waals surface area (Å²) in [6.07, 6.45) is 2.70. The van der Waals surface area contributed by atoms with Crippen LogP contribution in [0.2, 0.25) is 0 Å². The molecule has 2 aromatic rings. The first-order chi connectivity index (χ1) is 8.98. The Morgan fingerprint density at radius 2 is 1.95 bits per heavy atom. The number of rotatable bonds is 4. The average molecular weight is 388 g/mol. The van der Waals surface area contributed by atoms with E-state index in [0.29, 0.717) is 0 Å². The molecule has 1 N–H and O–H groups in total. The molecule has 0 radical (unpaired) electrons. The van der Waals surface area contributed by atoms with Crippen LogP contribution in [-0.4, -0.2) is 14.9 Å². The van der Waals surface area contributed by atoms with Gasteiger partial charge in [-0.25, -0.2) is 0 Å². The van der Waals surface area contributed by atoms with Crippen molar-refractivity contribution in [3.8, 4) is 0 Å². The van der Waals surface area contributed by atoms with E-state index < -0.39 is 5.60 Å². The lowest BCUT2D eigenvalue weighted by Crippen LogP contribution is -2.28. The van der Waals surface area contributed by atoms with Gasteiger partial charge in [0, 0.05) is 16.6 Å². The number of aryl methyl sites for hydroxylation is 1. The predicted molar refractivity (Wildman–Crippen MR) is 83.0 cm³/mol. The van der Waals surface area contributed by atoms with Crippen molar-refractivity contribution in [1.82, 2.24) is 9.78 Å². The molecular weight excluding hydrogens is 372 g/mol. The van der Waals surface area contributed by atoms with Gasteiger partial charge in [-0.3, -0.25) is 4.68 Å². The van der Waals surface area contributed by atoms with Crippen molar-refractivity contribution in [2.45, 2.75) is 32.4 Å². The molecule has 0 aliphatic rings. The van der Waals surface area contributed by atoms with Crippen molar-refractivity contribution < 1.29 is 5.11 Å². The highest BCUT2D eigenvalue weighted by Gasteiger charge is 2.33. The van der Waals surface area contributed by atoms with Crippen LogP contribution in [0.25, 0.3) is 0 Å². The highest BCUT2D eigenvalue weighted by molar-refractivity contribution is 9.10. The van der Waals surface area contributed by atoms with E-state index in [2.05, 4.69) is 43.9 Å². The van der Waals surface area contributed by atoms with E-state index in [1.165, 1.54) is 0 Å². The topological polar surface area (TPSA) is 38.0 Å². The molecule has 1 aromatic carbocycles. The van der Waals surface area contributed by atoms with Crippen LogP contribution in [0.5, 0.6) is 0 Å². The average Bonchev–Trinajstić information content (AvgIpc) is 2.72. The van der Waals surface area contributed by atoms with Gasteiger partial charge in [0.05, 0.1) is 16.4 Å². The largest absolute Gasteiger partial charge is 0.379 e. The first-order valence-electron chi connectivity index (χ1n) is 6.17. The molecule has 5 heteroatoms. The summed E-state index contributed by atoms with van der Waals surface area (Å²) in [4.78, 5) is 0. The number of hydrogen-bond donors (Lipinski definition) is 1. The second-order valence-corrected chi connectivity index (χ2v) is 6.32. The maximum absolute atomic E-state index is 11.0. The number of halogens is 2. The van der Waals surface area contributed by atoms with Gasteiger partial charge in [-0.1, -0.05) is 41.1 Å². The van der Waals surface area contributed by atoms with Crippen LogP contribution in [0.4, 0.5) is 0 Å². The molecule has 3 nitrogen and oxygen atoms in total. The van der Waals surface area contributed by atoms with Crippen LogP contribution >= 0.6 is 31.9 Å². The fourth-order valence-corrected chi connectivity index (χ4v) is 3.56. The summed E-state index contributed by atoms with van der Waals surface area (Å²) >= 11 is 6.99. The van der Waals surface area contributed by atoms with E-state index in [1.54, 1.807) is 13.1 Å². The quantitative estimate of drug-likeness (QED) is 0.858. The van der Waals surface area contributed by atoms with Gasteiger partial charge in [0.2, 0.25) is 0 Å². The molecule has 0 saturated heterocycles. The molecule has 0 bridgehead atoms. The van der Waals surface area contributed by atoms with Gasteiger partial charge in [-0.15, -0.1) is 0 Å². The molecule has 1 atom stereocenters. The monoisotopic (exact) mass is 386 g/mol. The maximum atomic E-state index is 11.0. The summed E-state index contributed by atoms with van der Waals surface area (Å²) in [5.74, 6) is 0. The molecule has 0 aliphatic heterocycles. The molecule has 1 aromatic heterocycles. The predicted octanol–water partition coefficient (Wildman–Crippen LogP) is 4.07. The Labute approximate surface area is 129 Å².